The summed E-state index contributed by atoms with van der Waals surface area (Å²) in [6.07, 6.45) is 0. The van der Waals surface area contributed by atoms with Gasteiger partial charge in [0.2, 0.25) is 0 Å². The molecule has 3 aromatic carbocycles. The summed E-state index contributed by atoms with van der Waals surface area (Å²) in [5.41, 5.74) is 6.51. The number of carbonyl (C=O) groups excluding carboxylic acids is 2. The Hall–Kier alpha value is -3.37. The summed E-state index contributed by atoms with van der Waals surface area (Å²) in [6.45, 7) is 7.79. The van der Waals surface area contributed by atoms with Crippen molar-refractivity contribution >= 4 is 40.4 Å². The molecule has 1 N–H and O–H groups in total. The summed E-state index contributed by atoms with van der Waals surface area (Å²) in [4.78, 5) is 28.4. The highest BCUT2D eigenvalue weighted by Gasteiger charge is 2.40. The number of anilines is 2. The molecule has 2 amide bonds. The number of halogens is 1. The minimum Gasteiger partial charge on any atom is -0.350 e. The molecule has 31 heavy (non-hydrogen) atoms. The van der Waals surface area contributed by atoms with Crippen molar-refractivity contribution in [2.75, 3.05) is 10.2 Å². The molecule has 1 heterocycles. The summed E-state index contributed by atoms with van der Waals surface area (Å²) in [5.74, 6) is -0.727. The van der Waals surface area contributed by atoms with Crippen LogP contribution in [-0.2, 0) is 9.59 Å². The largest absolute Gasteiger partial charge is 0.350 e. The third-order valence-electron chi connectivity index (χ3n) is 5.48. The number of imide groups is 1. The second-order valence-corrected chi connectivity index (χ2v) is 8.37. The predicted octanol–water partition coefficient (Wildman–Crippen LogP) is 5.97. The number of nitrogens with one attached hydrogen (secondary N) is 1. The van der Waals surface area contributed by atoms with Crippen molar-refractivity contribution in [3.05, 3.63) is 99.2 Å². The van der Waals surface area contributed by atoms with Crippen molar-refractivity contribution in [3.63, 3.8) is 0 Å². The molecule has 0 spiro atoms. The number of carbonyl (C=O) groups is 2. The topological polar surface area (TPSA) is 49.4 Å². The number of benzene rings is 3. The van der Waals surface area contributed by atoms with Crippen LogP contribution in [0.3, 0.4) is 0 Å². The fourth-order valence-electron chi connectivity index (χ4n) is 3.77. The molecule has 4 nitrogen and oxygen atoms in total. The van der Waals surface area contributed by atoms with Gasteiger partial charge in [-0.05, 0) is 62.6 Å². The average Bonchev–Trinajstić information content (AvgIpc) is 2.96. The molecule has 0 fully saturated rings. The molecule has 0 aliphatic carbocycles. The van der Waals surface area contributed by atoms with Crippen molar-refractivity contribution in [1.29, 1.82) is 0 Å². The van der Waals surface area contributed by atoms with Gasteiger partial charge in [-0.3, -0.25) is 9.59 Å². The molecule has 5 heteroatoms. The quantitative estimate of drug-likeness (QED) is 0.518. The van der Waals surface area contributed by atoms with E-state index in [2.05, 4.69) is 5.32 Å². The predicted molar refractivity (Wildman–Crippen MR) is 126 cm³/mol. The van der Waals surface area contributed by atoms with Crippen LogP contribution in [0.1, 0.15) is 27.8 Å². The van der Waals surface area contributed by atoms with Gasteiger partial charge in [-0.15, -0.1) is 0 Å². The van der Waals surface area contributed by atoms with Crippen LogP contribution in [0.2, 0.25) is 5.02 Å². The van der Waals surface area contributed by atoms with Crippen LogP contribution < -0.4 is 10.2 Å². The molecule has 0 bridgehead atoms. The van der Waals surface area contributed by atoms with Gasteiger partial charge in [0.1, 0.15) is 5.70 Å². The van der Waals surface area contributed by atoms with E-state index < -0.39 is 0 Å². The zero-order chi connectivity index (χ0) is 22.3. The molecule has 0 saturated carbocycles. The molecule has 0 saturated heterocycles. The van der Waals surface area contributed by atoms with Crippen LogP contribution in [0, 0.1) is 27.7 Å². The van der Waals surface area contributed by atoms with Gasteiger partial charge in [-0.25, -0.2) is 4.90 Å². The lowest BCUT2D eigenvalue weighted by Gasteiger charge is -2.18. The zero-order valence-corrected chi connectivity index (χ0v) is 18.7. The monoisotopic (exact) mass is 430 g/mol. The van der Waals surface area contributed by atoms with Crippen LogP contribution in [-0.4, -0.2) is 11.8 Å². The first-order valence-corrected chi connectivity index (χ1v) is 10.4. The van der Waals surface area contributed by atoms with E-state index in [0.717, 1.165) is 22.3 Å². The van der Waals surface area contributed by atoms with Gasteiger partial charge in [0.05, 0.1) is 11.3 Å². The third-order valence-corrected chi connectivity index (χ3v) is 5.71. The fraction of sp³-hybridized carbons (Fsp3) is 0.154. The summed E-state index contributed by atoms with van der Waals surface area (Å²) in [7, 11) is 0. The van der Waals surface area contributed by atoms with E-state index in [9.17, 15) is 9.59 Å². The molecule has 1 aliphatic heterocycles. The molecule has 0 radical (unpaired) electrons. The first-order valence-electron chi connectivity index (χ1n) is 10.1. The van der Waals surface area contributed by atoms with Gasteiger partial charge >= 0.3 is 0 Å². The number of aryl methyl sites for hydroxylation is 4. The van der Waals surface area contributed by atoms with Crippen LogP contribution in [0.4, 0.5) is 11.4 Å². The first-order chi connectivity index (χ1) is 14.8. The van der Waals surface area contributed by atoms with Crippen LogP contribution in [0.15, 0.2) is 66.4 Å². The Kier molecular flexibility index (Phi) is 5.42. The summed E-state index contributed by atoms with van der Waals surface area (Å²) < 4.78 is 0. The maximum Gasteiger partial charge on any atom is 0.282 e. The number of rotatable bonds is 4. The molecular weight excluding hydrogens is 408 g/mol. The van der Waals surface area contributed by atoms with E-state index in [1.807, 2.05) is 76.2 Å². The molecule has 0 unspecified atom stereocenters. The van der Waals surface area contributed by atoms with E-state index in [1.165, 1.54) is 4.90 Å². The van der Waals surface area contributed by atoms with Gasteiger partial charge in [-0.2, -0.15) is 0 Å². The Balaban J connectivity index is 1.87. The normalized spacial score (nSPS) is 13.9. The lowest BCUT2D eigenvalue weighted by molar-refractivity contribution is -0.120. The molecular formula is C26H23ClN2O2. The van der Waals surface area contributed by atoms with E-state index in [1.54, 1.807) is 12.1 Å². The zero-order valence-electron chi connectivity index (χ0n) is 17.9. The van der Waals surface area contributed by atoms with Crippen LogP contribution in [0.5, 0.6) is 0 Å². The highest BCUT2D eigenvalue weighted by atomic mass is 35.5. The van der Waals surface area contributed by atoms with Crippen molar-refractivity contribution in [2.45, 2.75) is 27.7 Å². The number of amides is 2. The second-order valence-electron chi connectivity index (χ2n) is 7.94. The maximum absolute atomic E-state index is 13.6. The second kappa shape index (κ2) is 8.05. The first kappa shape index (κ1) is 20.9. The summed E-state index contributed by atoms with van der Waals surface area (Å²) in [6, 6.07) is 18.7. The lowest BCUT2D eigenvalue weighted by atomic mass is 10.0. The number of hydrogen-bond donors (Lipinski definition) is 1. The van der Waals surface area contributed by atoms with E-state index in [0.29, 0.717) is 27.5 Å². The van der Waals surface area contributed by atoms with Crippen molar-refractivity contribution in [1.82, 2.24) is 0 Å². The number of nitrogens with zero attached hydrogens (tertiary/aromatic N) is 1. The number of hydrogen-bond acceptors (Lipinski definition) is 3. The minimum absolute atomic E-state index is 0.249. The lowest BCUT2D eigenvalue weighted by Crippen LogP contribution is -2.33. The minimum atomic E-state index is -0.382. The van der Waals surface area contributed by atoms with Gasteiger partial charge in [-0.1, -0.05) is 65.2 Å². The Bertz CT molecular complexity index is 1240. The van der Waals surface area contributed by atoms with Gasteiger partial charge in [0.15, 0.2) is 0 Å². The average molecular weight is 431 g/mol. The van der Waals surface area contributed by atoms with Crippen molar-refractivity contribution < 1.29 is 9.59 Å². The molecule has 0 aromatic heterocycles. The molecule has 1 aliphatic rings. The summed E-state index contributed by atoms with van der Waals surface area (Å²) in [5, 5.41) is 3.76. The van der Waals surface area contributed by atoms with E-state index in [-0.39, 0.29) is 17.5 Å². The molecule has 3 aromatic rings. The summed E-state index contributed by atoms with van der Waals surface area (Å²) >= 11 is 6.18. The van der Waals surface area contributed by atoms with Crippen LogP contribution in [0.25, 0.3) is 5.57 Å². The van der Waals surface area contributed by atoms with Gasteiger partial charge < -0.3 is 5.32 Å². The van der Waals surface area contributed by atoms with Gasteiger partial charge in [0.25, 0.3) is 11.8 Å². The molecule has 0 atom stereocenters. The standard InChI is InChI=1S/C26H23ClN2O2/c1-15-5-9-19(10-6-15)23-24(28-21-14-20(27)11-8-17(21)3)26(31)29(25(23)30)22-12-7-16(2)13-18(22)4/h5-14,28H,1-4H3. The van der Waals surface area contributed by atoms with Crippen molar-refractivity contribution in [2.24, 2.45) is 0 Å². The molecule has 4 rings (SSSR count). The Morgan fingerprint density at radius 1 is 0.742 bits per heavy atom. The van der Waals surface area contributed by atoms with Crippen molar-refractivity contribution in [3.8, 4) is 0 Å². The third kappa shape index (κ3) is 3.87. The fourth-order valence-corrected chi connectivity index (χ4v) is 3.94. The Morgan fingerprint density at radius 2 is 1.42 bits per heavy atom. The highest BCUT2D eigenvalue weighted by Crippen LogP contribution is 2.36. The van der Waals surface area contributed by atoms with E-state index >= 15 is 0 Å². The maximum atomic E-state index is 13.6. The SMILES string of the molecule is Cc1ccc(C2=C(Nc3cc(Cl)ccc3C)C(=O)N(c3ccc(C)cc3C)C2=O)cc1. The van der Waals surface area contributed by atoms with Crippen LogP contribution >= 0.6 is 11.6 Å². The smallest absolute Gasteiger partial charge is 0.282 e. The molecule has 156 valence electrons. The Labute approximate surface area is 187 Å². The Morgan fingerprint density at radius 3 is 2.10 bits per heavy atom. The van der Waals surface area contributed by atoms with E-state index in [4.69, 9.17) is 11.6 Å². The highest BCUT2D eigenvalue weighted by molar-refractivity contribution is 6.46. The van der Waals surface area contributed by atoms with Gasteiger partial charge in [0, 0.05) is 10.7 Å².